The van der Waals surface area contributed by atoms with Crippen LogP contribution >= 0.6 is 11.3 Å². The lowest BCUT2D eigenvalue weighted by Gasteiger charge is -2.09. The fourth-order valence-electron chi connectivity index (χ4n) is 3.52. The Balaban J connectivity index is 1.45. The number of hydrogen-bond acceptors (Lipinski definition) is 5. The molecule has 162 valence electrons. The molecule has 0 aliphatic carbocycles. The van der Waals surface area contributed by atoms with Crippen molar-refractivity contribution in [3.63, 3.8) is 0 Å². The van der Waals surface area contributed by atoms with Crippen molar-refractivity contribution < 1.29 is 14.0 Å². The zero-order valence-electron chi connectivity index (χ0n) is 17.8. The Labute approximate surface area is 188 Å². The van der Waals surface area contributed by atoms with Crippen molar-refractivity contribution in [2.45, 2.75) is 27.3 Å². The Kier molecular flexibility index (Phi) is 5.96. The SMILES string of the molecule is Cc1nc(C)c2c(C)c(C(=O)NCc3cccc(NC(=O)c4ccc(F)cc4)c3)sc2n1. The van der Waals surface area contributed by atoms with Crippen LogP contribution in [0.1, 0.15) is 42.7 Å². The zero-order valence-corrected chi connectivity index (χ0v) is 18.6. The molecule has 2 aromatic heterocycles. The highest BCUT2D eigenvalue weighted by Crippen LogP contribution is 2.31. The average molecular weight is 449 g/mol. The summed E-state index contributed by atoms with van der Waals surface area (Å²) in [6.45, 7) is 5.97. The minimum atomic E-state index is -0.398. The Morgan fingerprint density at radius 1 is 1.00 bits per heavy atom. The quantitative estimate of drug-likeness (QED) is 0.453. The number of benzene rings is 2. The third-order valence-corrected chi connectivity index (χ3v) is 6.22. The van der Waals surface area contributed by atoms with Crippen LogP contribution in [0.3, 0.4) is 0 Å². The van der Waals surface area contributed by atoms with E-state index in [9.17, 15) is 14.0 Å². The van der Waals surface area contributed by atoms with Crippen LogP contribution < -0.4 is 10.6 Å². The fourth-order valence-corrected chi connectivity index (χ4v) is 4.71. The predicted octanol–water partition coefficient (Wildman–Crippen LogP) is 4.94. The van der Waals surface area contributed by atoms with Crippen molar-refractivity contribution in [2.24, 2.45) is 0 Å². The van der Waals surface area contributed by atoms with Crippen molar-refractivity contribution >= 4 is 39.1 Å². The summed E-state index contributed by atoms with van der Waals surface area (Å²) in [5, 5.41) is 6.65. The van der Waals surface area contributed by atoms with Gasteiger partial charge in [0.05, 0.1) is 4.88 Å². The Bertz CT molecular complexity index is 1330. The molecule has 0 spiro atoms. The van der Waals surface area contributed by atoms with Gasteiger partial charge in [0.15, 0.2) is 0 Å². The van der Waals surface area contributed by atoms with E-state index in [2.05, 4.69) is 20.6 Å². The van der Waals surface area contributed by atoms with E-state index in [1.54, 1.807) is 18.2 Å². The molecule has 2 N–H and O–H groups in total. The number of carbonyl (C=O) groups excluding carboxylic acids is 2. The Morgan fingerprint density at radius 2 is 1.75 bits per heavy atom. The molecule has 8 heteroatoms. The molecule has 0 saturated heterocycles. The van der Waals surface area contributed by atoms with Gasteiger partial charge in [-0.25, -0.2) is 14.4 Å². The molecule has 0 bridgehead atoms. The number of anilines is 1. The summed E-state index contributed by atoms with van der Waals surface area (Å²) in [6.07, 6.45) is 0. The molecular weight excluding hydrogens is 427 g/mol. The number of hydrogen-bond donors (Lipinski definition) is 2. The average Bonchev–Trinajstić information content (AvgIpc) is 3.09. The molecule has 0 unspecified atom stereocenters. The maximum Gasteiger partial charge on any atom is 0.261 e. The van der Waals surface area contributed by atoms with Crippen molar-refractivity contribution in [3.05, 3.63) is 87.4 Å². The van der Waals surface area contributed by atoms with E-state index in [1.807, 2.05) is 26.8 Å². The molecule has 4 aromatic rings. The molecule has 2 aromatic carbocycles. The normalized spacial score (nSPS) is 10.9. The van der Waals surface area contributed by atoms with Crippen LogP contribution in [0.2, 0.25) is 0 Å². The highest BCUT2D eigenvalue weighted by atomic mass is 32.1. The topological polar surface area (TPSA) is 84.0 Å². The summed E-state index contributed by atoms with van der Waals surface area (Å²) in [7, 11) is 0. The van der Waals surface area contributed by atoms with Crippen LogP contribution in [0.15, 0.2) is 48.5 Å². The van der Waals surface area contributed by atoms with Crippen molar-refractivity contribution in [3.8, 4) is 0 Å². The first kappa shape index (κ1) is 21.6. The standard InChI is InChI=1S/C24H21FN4O2S/c1-13-20-14(2)27-15(3)28-24(20)32-21(13)23(31)26-12-16-5-4-6-19(11-16)29-22(30)17-7-9-18(25)10-8-17/h4-11H,12H2,1-3H3,(H,26,31)(H,29,30). The summed E-state index contributed by atoms with van der Waals surface area (Å²) < 4.78 is 13.1. The van der Waals surface area contributed by atoms with E-state index in [1.165, 1.54) is 35.6 Å². The minimum absolute atomic E-state index is 0.177. The van der Waals surface area contributed by atoms with Gasteiger partial charge >= 0.3 is 0 Å². The second-order valence-electron chi connectivity index (χ2n) is 7.44. The first-order valence-electron chi connectivity index (χ1n) is 10.00. The van der Waals surface area contributed by atoms with E-state index in [-0.39, 0.29) is 11.8 Å². The van der Waals surface area contributed by atoms with Gasteiger partial charge in [0, 0.05) is 28.9 Å². The molecule has 32 heavy (non-hydrogen) atoms. The lowest BCUT2D eigenvalue weighted by Crippen LogP contribution is -2.22. The van der Waals surface area contributed by atoms with Gasteiger partial charge in [-0.3, -0.25) is 9.59 Å². The van der Waals surface area contributed by atoms with Crippen molar-refractivity contribution in [1.82, 2.24) is 15.3 Å². The lowest BCUT2D eigenvalue weighted by atomic mass is 10.1. The van der Waals surface area contributed by atoms with E-state index in [0.717, 1.165) is 27.0 Å². The van der Waals surface area contributed by atoms with Crippen molar-refractivity contribution in [1.29, 1.82) is 0 Å². The van der Waals surface area contributed by atoms with Crippen molar-refractivity contribution in [2.75, 3.05) is 5.32 Å². The van der Waals surface area contributed by atoms with Gasteiger partial charge < -0.3 is 10.6 Å². The Morgan fingerprint density at radius 3 is 2.50 bits per heavy atom. The molecule has 0 fully saturated rings. The van der Waals surface area contributed by atoms with Gasteiger partial charge in [-0.15, -0.1) is 11.3 Å². The summed E-state index contributed by atoms with van der Waals surface area (Å²) in [4.78, 5) is 35.5. The van der Waals surface area contributed by atoms with Crippen LogP contribution in [0.5, 0.6) is 0 Å². The number of aryl methyl sites for hydroxylation is 3. The second-order valence-corrected chi connectivity index (χ2v) is 8.44. The number of nitrogens with zero attached hydrogens (tertiary/aromatic N) is 2. The van der Waals surface area contributed by atoms with E-state index >= 15 is 0 Å². The highest BCUT2D eigenvalue weighted by Gasteiger charge is 2.18. The number of thiophene rings is 1. The fraction of sp³-hybridized carbons (Fsp3) is 0.167. The number of amides is 2. The van der Waals surface area contributed by atoms with E-state index in [4.69, 9.17) is 0 Å². The maximum atomic E-state index is 13.1. The third-order valence-electron chi connectivity index (χ3n) is 5.03. The largest absolute Gasteiger partial charge is 0.347 e. The lowest BCUT2D eigenvalue weighted by molar-refractivity contribution is 0.0953. The monoisotopic (exact) mass is 448 g/mol. The third kappa shape index (κ3) is 4.50. The maximum absolute atomic E-state index is 13.1. The highest BCUT2D eigenvalue weighted by molar-refractivity contribution is 7.20. The molecule has 0 saturated carbocycles. The number of halogens is 1. The van der Waals surface area contributed by atoms with Gasteiger partial charge in [-0.1, -0.05) is 12.1 Å². The van der Waals surface area contributed by atoms with Gasteiger partial charge in [-0.2, -0.15) is 0 Å². The first-order valence-corrected chi connectivity index (χ1v) is 10.8. The molecule has 2 amide bonds. The summed E-state index contributed by atoms with van der Waals surface area (Å²) >= 11 is 1.36. The summed E-state index contributed by atoms with van der Waals surface area (Å²) in [5.74, 6) is -0.227. The van der Waals surface area contributed by atoms with E-state index < -0.39 is 5.82 Å². The molecule has 0 aliphatic heterocycles. The summed E-state index contributed by atoms with van der Waals surface area (Å²) in [5.41, 5.74) is 3.52. The number of fused-ring (bicyclic) bond motifs is 1. The van der Waals surface area contributed by atoms with Gasteiger partial charge in [-0.05, 0) is 68.3 Å². The minimum Gasteiger partial charge on any atom is -0.347 e. The second kappa shape index (κ2) is 8.84. The molecule has 2 heterocycles. The number of aromatic nitrogens is 2. The molecule has 0 aliphatic rings. The molecule has 0 atom stereocenters. The smallest absolute Gasteiger partial charge is 0.261 e. The molecular formula is C24H21FN4O2S. The van der Waals surface area contributed by atoms with Gasteiger partial charge in [0.1, 0.15) is 16.5 Å². The van der Waals surface area contributed by atoms with Crippen LogP contribution in [0.4, 0.5) is 10.1 Å². The number of carbonyl (C=O) groups is 2. The van der Waals surface area contributed by atoms with Crippen LogP contribution in [-0.2, 0) is 6.54 Å². The van der Waals surface area contributed by atoms with Crippen LogP contribution in [0, 0.1) is 26.6 Å². The first-order chi connectivity index (χ1) is 15.3. The number of rotatable bonds is 5. The van der Waals surface area contributed by atoms with E-state index in [0.29, 0.717) is 28.5 Å². The molecule has 6 nitrogen and oxygen atoms in total. The van der Waals surface area contributed by atoms with Gasteiger partial charge in [0.25, 0.3) is 11.8 Å². The molecule has 0 radical (unpaired) electrons. The number of nitrogens with one attached hydrogen (secondary N) is 2. The Hall–Kier alpha value is -3.65. The predicted molar refractivity (Wildman–Crippen MR) is 124 cm³/mol. The molecule has 4 rings (SSSR count). The van der Waals surface area contributed by atoms with Crippen LogP contribution in [0.25, 0.3) is 10.2 Å². The zero-order chi connectivity index (χ0) is 22.8. The van der Waals surface area contributed by atoms with Gasteiger partial charge in [0.2, 0.25) is 0 Å². The van der Waals surface area contributed by atoms with Crippen LogP contribution in [-0.4, -0.2) is 21.8 Å². The summed E-state index contributed by atoms with van der Waals surface area (Å²) in [6, 6.07) is 12.5.